The number of hydrogen-bond acceptors (Lipinski definition) is 3. The largest absolute Gasteiger partial charge is 0.507 e. The molecule has 0 saturated heterocycles. The first-order chi connectivity index (χ1) is 9.58. The lowest BCUT2D eigenvalue weighted by Crippen LogP contribution is -2.47. The molecule has 0 heterocycles. The Morgan fingerprint density at radius 2 is 1.95 bits per heavy atom. The minimum absolute atomic E-state index is 0.00767. The fraction of sp³-hybridized carbons (Fsp3) is 0.500. The van der Waals surface area contributed by atoms with E-state index in [0.29, 0.717) is 18.4 Å². The van der Waals surface area contributed by atoms with E-state index in [1.807, 2.05) is 0 Å². The third-order valence-electron chi connectivity index (χ3n) is 4.01. The molecule has 0 spiro atoms. The van der Waals surface area contributed by atoms with Gasteiger partial charge in [0.05, 0.1) is 11.6 Å². The predicted octanol–water partition coefficient (Wildman–Crippen LogP) is 3.05. The molecule has 1 fully saturated rings. The third kappa shape index (κ3) is 2.93. The summed E-state index contributed by atoms with van der Waals surface area (Å²) < 4.78 is 0. The number of para-hydroxylation sites is 1. The number of phenolic OH excluding ortho intramolecular Hbond substituents is 1. The zero-order valence-electron chi connectivity index (χ0n) is 11.8. The minimum Gasteiger partial charge on any atom is -0.507 e. The summed E-state index contributed by atoms with van der Waals surface area (Å²) >= 11 is 0. The van der Waals surface area contributed by atoms with Crippen LogP contribution in [0.4, 0.5) is 0 Å². The van der Waals surface area contributed by atoms with E-state index in [4.69, 9.17) is 0 Å². The van der Waals surface area contributed by atoms with Gasteiger partial charge in [-0.25, -0.2) is 0 Å². The summed E-state index contributed by atoms with van der Waals surface area (Å²) in [5.74, 6) is -0.374. The summed E-state index contributed by atoms with van der Waals surface area (Å²) in [5.41, 5.74) is 0.109. The molecule has 2 N–H and O–H groups in total. The average molecular weight is 272 g/mol. The SMILES string of the molecule is Cc1cccc(C(=O)NC2(C#N)CCCCCC2)c1O. The second-order valence-corrected chi connectivity index (χ2v) is 5.53. The molecular formula is C16H20N2O2. The molecular weight excluding hydrogens is 252 g/mol. The highest BCUT2D eigenvalue weighted by atomic mass is 16.3. The van der Waals surface area contributed by atoms with Gasteiger partial charge in [0.2, 0.25) is 0 Å². The van der Waals surface area contributed by atoms with Crippen LogP contribution in [0.25, 0.3) is 0 Å². The summed E-state index contributed by atoms with van der Waals surface area (Å²) in [6, 6.07) is 7.34. The fourth-order valence-electron chi connectivity index (χ4n) is 2.72. The number of benzene rings is 1. The summed E-state index contributed by atoms with van der Waals surface area (Å²) in [6.45, 7) is 1.75. The van der Waals surface area contributed by atoms with Gasteiger partial charge in [0.15, 0.2) is 0 Å². The van der Waals surface area contributed by atoms with E-state index in [0.717, 1.165) is 25.7 Å². The van der Waals surface area contributed by atoms with Crippen molar-refractivity contribution in [3.8, 4) is 11.8 Å². The zero-order valence-corrected chi connectivity index (χ0v) is 11.8. The topological polar surface area (TPSA) is 73.1 Å². The van der Waals surface area contributed by atoms with Crippen molar-refractivity contribution in [1.82, 2.24) is 5.32 Å². The van der Waals surface area contributed by atoms with E-state index in [1.54, 1.807) is 25.1 Å². The Labute approximate surface area is 119 Å². The predicted molar refractivity (Wildman–Crippen MR) is 76.4 cm³/mol. The van der Waals surface area contributed by atoms with Gasteiger partial charge in [0.1, 0.15) is 11.3 Å². The van der Waals surface area contributed by atoms with Gasteiger partial charge in [-0.1, -0.05) is 37.8 Å². The number of carbonyl (C=O) groups is 1. The van der Waals surface area contributed by atoms with Crippen LogP contribution >= 0.6 is 0 Å². The van der Waals surface area contributed by atoms with Crippen LogP contribution in [-0.4, -0.2) is 16.6 Å². The van der Waals surface area contributed by atoms with Gasteiger partial charge < -0.3 is 10.4 Å². The first kappa shape index (κ1) is 14.4. The van der Waals surface area contributed by atoms with Crippen LogP contribution in [0.1, 0.15) is 54.4 Å². The molecule has 1 aromatic rings. The van der Waals surface area contributed by atoms with Crippen LogP contribution in [0.15, 0.2) is 18.2 Å². The van der Waals surface area contributed by atoms with Gasteiger partial charge in [-0.05, 0) is 31.4 Å². The molecule has 1 saturated carbocycles. The number of nitrogens with one attached hydrogen (secondary N) is 1. The Balaban J connectivity index is 2.21. The highest BCUT2D eigenvalue weighted by Crippen LogP contribution is 2.28. The van der Waals surface area contributed by atoms with Crippen LogP contribution in [0, 0.1) is 18.3 Å². The molecule has 1 aromatic carbocycles. The Hall–Kier alpha value is -2.02. The van der Waals surface area contributed by atoms with Crippen LogP contribution in [0.2, 0.25) is 0 Å². The fourth-order valence-corrected chi connectivity index (χ4v) is 2.72. The summed E-state index contributed by atoms with van der Waals surface area (Å²) in [6.07, 6.45) is 5.48. The third-order valence-corrected chi connectivity index (χ3v) is 4.01. The Bertz CT molecular complexity index is 538. The van der Waals surface area contributed by atoms with Gasteiger partial charge in [0, 0.05) is 0 Å². The zero-order chi connectivity index (χ0) is 14.6. The summed E-state index contributed by atoms with van der Waals surface area (Å²) in [5, 5.41) is 22.3. The Morgan fingerprint density at radius 3 is 2.55 bits per heavy atom. The van der Waals surface area contributed by atoms with Crippen molar-refractivity contribution >= 4 is 5.91 Å². The monoisotopic (exact) mass is 272 g/mol. The number of phenols is 1. The van der Waals surface area contributed by atoms with E-state index in [1.165, 1.54) is 0 Å². The molecule has 4 heteroatoms. The molecule has 106 valence electrons. The number of carbonyl (C=O) groups excluding carboxylic acids is 1. The number of rotatable bonds is 2. The van der Waals surface area contributed by atoms with Gasteiger partial charge in [0.25, 0.3) is 5.91 Å². The molecule has 0 radical (unpaired) electrons. The smallest absolute Gasteiger partial charge is 0.256 e. The van der Waals surface area contributed by atoms with Crippen LogP contribution in [-0.2, 0) is 0 Å². The van der Waals surface area contributed by atoms with Gasteiger partial charge in [-0.15, -0.1) is 0 Å². The van der Waals surface area contributed by atoms with Crippen molar-refractivity contribution in [3.05, 3.63) is 29.3 Å². The van der Waals surface area contributed by atoms with E-state index < -0.39 is 5.54 Å². The first-order valence-electron chi connectivity index (χ1n) is 7.10. The molecule has 1 aliphatic carbocycles. The first-order valence-corrected chi connectivity index (χ1v) is 7.10. The molecule has 0 atom stereocenters. The molecule has 0 aromatic heterocycles. The maximum absolute atomic E-state index is 12.3. The van der Waals surface area contributed by atoms with Crippen molar-refractivity contribution in [1.29, 1.82) is 5.26 Å². The molecule has 20 heavy (non-hydrogen) atoms. The number of nitriles is 1. The maximum atomic E-state index is 12.3. The number of amides is 1. The molecule has 0 unspecified atom stereocenters. The average Bonchev–Trinajstić information content (AvgIpc) is 2.68. The van der Waals surface area contributed by atoms with Crippen molar-refractivity contribution in [2.24, 2.45) is 0 Å². The number of hydrogen-bond donors (Lipinski definition) is 2. The second-order valence-electron chi connectivity index (χ2n) is 5.53. The molecule has 0 aliphatic heterocycles. The number of aromatic hydroxyl groups is 1. The highest BCUT2D eigenvalue weighted by molar-refractivity contribution is 5.97. The van der Waals surface area contributed by atoms with Crippen LogP contribution in [0.5, 0.6) is 5.75 Å². The van der Waals surface area contributed by atoms with E-state index in [2.05, 4.69) is 11.4 Å². The molecule has 4 nitrogen and oxygen atoms in total. The van der Waals surface area contributed by atoms with Crippen molar-refractivity contribution < 1.29 is 9.90 Å². The Morgan fingerprint density at radius 1 is 1.30 bits per heavy atom. The second kappa shape index (κ2) is 5.96. The lowest BCUT2D eigenvalue weighted by atomic mass is 9.91. The highest BCUT2D eigenvalue weighted by Gasteiger charge is 2.33. The van der Waals surface area contributed by atoms with Gasteiger partial charge in [-0.3, -0.25) is 4.79 Å². The van der Waals surface area contributed by atoms with E-state index in [9.17, 15) is 15.2 Å². The molecule has 1 amide bonds. The summed E-state index contributed by atoms with van der Waals surface area (Å²) in [7, 11) is 0. The van der Waals surface area contributed by atoms with E-state index in [-0.39, 0.29) is 17.2 Å². The van der Waals surface area contributed by atoms with E-state index >= 15 is 0 Å². The number of nitrogens with zero attached hydrogens (tertiary/aromatic N) is 1. The standard InChI is InChI=1S/C16H20N2O2/c1-12-7-6-8-13(14(12)19)15(20)18-16(11-17)9-4-2-3-5-10-16/h6-8,19H,2-5,9-10H2,1H3,(H,18,20). The van der Waals surface area contributed by atoms with Gasteiger partial charge >= 0.3 is 0 Å². The maximum Gasteiger partial charge on any atom is 0.256 e. The molecule has 0 bridgehead atoms. The quantitative estimate of drug-likeness (QED) is 0.813. The minimum atomic E-state index is -0.788. The Kier molecular flexibility index (Phi) is 4.29. The van der Waals surface area contributed by atoms with Gasteiger partial charge in [-0.2, -0.15) is 5.26 Å². The molecule has 2 rings (SSSR count). The van der Waals surface area contributed by atoms with Crippen molar-refractivity contribution in [3.63, 3.8) is 0 Å². The van der Waals surface area contributed by atoms with Crippen LogP contribution < -0.4 is 5.32 Å². The lowest BCUT2D eigenvalue weighted by Gasteiger charge is -2.26. The van der Waals surface area contributed by atoms with Crippen LogP contribution in [0.3, 0.4) is 0 Å². The summed E-state index contributed by atoms with van der Waals surface area (Å²) in [4.78, 5) is 12.3. The van der Waals surface area contributed by atoms with Crippen molar-refractivity contribution in [2.45, 2.75) is 51.0 Å². The lowest BCUT2D eigenvalue weighted by molar-refractivity contribution is 0.0910. The van der Waals surface area contributed by atoms with Crippen molar-refractivity contribution in [2.75, 3.05) is 0 Å². The number of aryl methyl sites for hydroxylation is 1. The normalized spacial score (nSPS) is 17.8. The molecule has 1 aliphatic rings.